The smallest absolute Gasteiger partial charge is 0.211 e. The Kier molecular flexibility index (Phi) is 6.30. The van der Waals surface area contributed by atoms with Gasteiger partial charge in [-0.25, -0.2) is 9.98 Å². The second kappa shape index (κ2) is 9.49. The first kappa shape index (κ1) is 23.2. The largest absolute Gasteiger partial charge is 0.496 e. The molecule has 2 aromatic carbocycles. The minimum absolute atomic E-state index is 0.00868. The Labute approximate surface area is 202 Å². The predicted molar refractivity (Wildman–Crippen MR) is 133 cm³/mol. The summed E-state index contributed by atoms with van der Waals surface area (Å²) in [4.78, 5) is 8.90. The maximum Gasteiger partial charge on any atom is 0.211 e. The van der Waals surface area contributed by atoms with E-state index in [1.165, 1.54) is 0 Å². The number of ether oxygens (including phenoxy) is 2. The van der Waals surface area contributed by atoms with E-state index in [9.17, 15) is 5.26 Å². The molecule has 0 spiro atoms. The van der Waals surface area contributed by atoms with Crippen LogP contribution in [0.5, 0.6) is 11.5 Å². The van der Waals surface area contributed by atoms with Crippen molar-refractivity contribution >= 4 is 23.3 Å². The summed E-state index contributed by atoms with van der Waals surface area (Å²) in [6.07, 6.45) is 1.84. The summed E-state index contributed by atoms with van der Waals surface area (Å²) in [5, 5.41) is 24.1. The zero-order chi connectivity index (χ0) is 25.1. The molecular weight excluding hydrogens is 444 g/mol. The number of benzene rings is 2. The van der Waals surface area contributed by atoms with E-state index in [1.54, 1.807) is 7.11 Å². The van der Waals surface area contributed by atoms with Crippen LogP contribution in [-0.4, -0.2) is 18.1 Å². The molecule has 0 amide bonds. The van der Waals surface area contributed by atoms with E-state index in [1.807, 2.05) is 62.5 Å². The van der Waals surface area contributed by atoms with Crippen LogP contribution in [0.15, 0.2) is 41.4 Å². The number of hydrogen-bond acceptors (Lipinski definition) is 10. The quantitative estimate of drug-likeness (QED) is 0.324. The molecule has 0 aliphatic carbocycles. The molecule has 176 valence electrons. The minimum atomic E-state index is -0.660. The van der Waals surface area contributed by atoms with Gasteiger partial charge in [-0.2, -0.15) is 10.5 Å². The van der Waals surface area contributed by atoms with Crippen LogP contribution in [0.4, 0.5) is 17.3 Å². The first-order chi connectivity index (χ1) is 16.9. The van der Waals surface area contributed by atoms with Gasteiger partial charge in [0.2, 0.25) is 5.96 Å². The van der Waals surface area contributed by atoms with Gasteiger partial charge in [0, 0.05) is 11.1 Å². The Morgan fingerprint density at radius 1 is 1.14 bits per heavy atom. The summed E-state index contributed by atoms with van der Waals surface area (Å²) in [6.45, 7) is 4.25. The Morgan fingerprint density at radius 2 is 1.89 bits per heavy atom. The minimum Gasteiger partial charge on any atom is -0.496 e. The number of nitrogens with zero attached hydrogens (tertiary/aromatic N) is 4. The lowest BCUT2D eigenvalue weighted by atomic mass is 9.94. The summed E-state index contributed by atoms with van der Waals surface area (Å²) in [5.74, 6) is 1.96. The fourth-order valence-electron chi connectivity index (χ4n) is 4.08. The predicted octanol–water partition coefficient (Wildman–Crippen LogP) is 3.26. The number of hydrogen-bond donors (Lipinski definition) is 4. The van der Waals surface area contributed by atoms with Gasteiger partial charge in [0.1, 0.15) is 47.4 Å². The number of aromatic nitrogens is 1. The highest BCUT2D eigenvalue weighted by molar-refractivity contribution is 5.98. The number of rotatable bonds is 5. The van der Waals surface area contributed by atoms with Crippen molar-refractivity contribution in [1.82, 2.24) is 10.3 Å². The average Bonchev–Trinajstić information content (AvgIpc) is 2.83. The zero-order valence-corrected chi connectivity index (χ0v) is 19.5. The van der Waals surface area contributed by atoms with Crippen LogP contribution in [0.2, 0.25) is 0 Å². The van der Waals surface area contributed by atoms with Crippen molar-refractivity contribution in [3.8, 4) is 23.8 Å². The Morgan fingerprint density at radius 3 is 2.54 bits per heavy atom. The standard InChI is InChI=1S/C25H24N8O2/c1-13-5-4-6-14(2)22(13)35-11-16-9-15(7-8-18(16)34-3)21-19-20(28)17(10-26)23(29)32-24(19)33-25(31-21)30-12-27/h4-9,21H,11H2,1-3H3,(H6,28,29,30,31,32,33). The lowest BCUT2D eigenvalue weighted by Gasteiger charge is -2.26. The first-order valence-corrected chi connectivity index (χ1v) is 10.7. The number of nitrogen functional groups attached to an aromatic ring is 2. The number of anilines is 3. The number of aliphatic imine (C=N–C) groups is 1. The summed E-state index contributed by atoms with van der Waals surface area (Å²) in [5.41, 5.74) is 16.6. The monoisotopic (exact) mass is 468 g/mol. The number of nitriles is 2. The highest BCUT2D eigenvalue weighted by atomic mass is 16.5. The van der Waals surface area contributed by atoms with E-state index in [2.05, 4.69) is 20.6 Å². The van der Waals surface area contributed by atoms with E-state index in [4.69, 9.17) is 26.2 Å². The van der Waals surface area contributed by atoms with Crippen molar-refractivity contribution in [1.29, 1.82) is 10.5 Å². The topological polar surface area (TPSA) is 167 Å². The van der Waals surface area contributed by atoms with Crippen molar-refractivity contribution in [3.63, 3.8) is 0 Å². The summed E-state index contributed by atoms with van der Waals surface area (Å²) < 4.78 is 11.7. The molecule has 4 rings (SSSR count). The Hall–Kier alpha value is -4.96. The molecule has 35 heavy (non-hydrogen) atoms. The van der Waals surface area contributed by atoms with Gasteiger partial charge in [-0.3, -0.25) is 5.32 Å². The molecule has 1 aromatic heterocycles. The van der Waals surface area contributed by atoms with Crippen LogP contribution >= 0.6 is 0 Å². The molecule has 1 aliphatic rings. The van der Waals surface area contributed by atoms with Crippen LogP contribution in [0, 0.1) is 36.6 Å². The molecule has 1 aliphatic heterocycles. The number of methoxy groups -OCH3 is 1. The molecule has 1 atom stereocenters. The lowest BCUT2D eigenvalue weighted by Crippen LogP contribution is -2.32. The first-order valence-electron chi connectivity index (χ1n) is 10.7. The van der Waals surface area contributed by atoms with Crippen LogP contribution in [0.3, 0.4) is 0 Å². The SMILES string of the molecule is COc1ccc(C2N=C(NC#N)Nc3nc(N)c(C#N)c(N)c32)cc1COc1c(C)cccc1C. The third kappa shape index (κ3) is 4.33. The fourth-order valence-corrected chi connectivity index (χ4v) is 4.08. The molecule has 0 saturated heterocycles. The van der Waals surface area contributed by atoms with Crippen LogP contribution < -0.4 is 31.6 Å². The van der Waals surface area contributed by atoms with Crippen molar-refractivity contribution in [2.45, 2.75) is 26.5 Å². The number of fused-ring (bicyclic) bond motifs is 1. The highest BCUT2D eigenvalue weighted by Gasteiger charge is 2.30. The van der Waals surface area contributed by atoms with Gasteiger partial charge in [-0.05, 0) is 42.7 Å². The molecule has 0 fully saturated rings. The number of guanidine groups is 1. The van der Waals surface area contributed by atoms with Gasteiger partial charge in [0.15, 0.2) is 6.19 Å². The average molecular weight is 469 g/mol. The van der Waals surface area contributed by atoms with Gasteiger partial charge in [-0.15, -0.1) is 0 Å². The van der Waals surface area contributed by atoms with Crippen LogP contribution in [-0.2, 0) is 6.61 Å². The fraction of sp³-hybridized carbons (Fsp3) is 0.200. The molecular formula is C25H24N8O2. The van der Waals surface area contributed by atoms with Gasteiger partial charge in [-0.1, -0.05) is 24.3 Å². The van der Waals surface area contributed by atoms with E-state index >= 15 is 0 Å². The number of para-hydroxylation sites is 1. The Bertz CT molecular complexity index is 1400. The highest BCUT2D eigenvalue weighted by Crippen LogP contribution is 2.41. The number of nitrogens with one attached hydrogen (secondary N) is 2. The van der Waals surface area contributed by atoms with E-state index in [0.717, 1.165) is 28.0 Å². The van der Waals surface area contributed by atoms with Crippen molar-refractivity contribution in [2.75, 3.05) is 23.9 Å². The number of nitrogens with two attached hydrogens (primary N) is 2. The molecule has 2 heterocycles. The Balaban J connectivity index is 1.79. The number of pyridine rings is 1. The molecule has 1 unspecified atom stereocenters. The van der Waals surface area contributed by atoms with Gasteiger partial charge >= 0.3 is 0 Å². The summed E-state index contributed by atoms with van der Waals surface area (Å²) >= 11 is 0. The molecule has 0 saturated carbocycles. The van der Waals surface area contributed by atoms with Gasteiger partial charge in [0.25, 0.3) is 0 Å². The third-order valence-corrected chi connectivity index (χ3v) is 5.76. The van der Waals surface area contributed by atoms with Gasteiger partial charge < -0.3 is 26.3 Å². The number of aryl methyl sites for hydroxylation is 2. The molecule has 0 bridgehead atoms. The van der Waals surface area contributed by atoms with E-state index in [-0.39, 0.29) is 29.6 Å². The van der Waals surface area contributed by atoms with Crippen LogP contribution in [0.25, 0.3) is 0 Å². The van der Waals surface area contributed by atoms with Crippen molar-refractivity contribution in [3.05, 3.63) is 69.8 Å². The normalized spacial score (nSPS) is 14.0. The van der Waals surface area contributed by atoms with Crippen LogP contribution in [0.1, 0.15) is 39.4 Å². The molecule has 3 aromatic rings. The molecule has 10 heteroatoms. The maximum atomic E-state index is 9.53. The third-order valence-electron chi connectivity index (χ3n) is 5.76. The van der Waals surface area contributed by atoms with Gasteiger partial charge in [0.05, 0.1) is 12.8 Å². The van der Waals surface area contributed by atoms with Crippen molar-refractivity contribution in [2.24, 2.45) is 4.99 Å². The second-order valence-electron chi connectivity index (χ2n) is 7.98. The van der Waals surface area contributed by atoms with Crippen molar-refractivity contribution < 1.29 is 9.47 Å². The maximum absolute atomic E-state index is 9.53. The van der Waals surface area contributed by atoms with E-state index < -0.39 is 6.04 Å². The molecule has 0 radical (unpaired) electrons. The van der Waals surface area contributed by atoms with E-state index in [0.29, 0.717) is 17.1 Å². The summed E-state index contributed by atoms with van der Waals surface area (Å²) in [6, 6.07) is 12.9. The molecule has 10 nitrogen and oxygen atoms in total. The lowest BCUT2D eigenvalue weighted by molar-refractivity contribution is 0.292. The second-order valence-corrected chi connectivity index (χ2v) is 7.98. The zero-order valence-electron chi connectivity index (χ0n) is 19.5. The summed E-state index contributed by atoms with van der Waals surface area (Å²) in [7, 11) is 1.59. The molecule has 6 N–H and O–H groups in total.